The fourth-order valence-corrected chi connectivity index (χ4v) is 4.62. The molecule has 0 aliphatic heterocycles. The monoisotopic (exact) mass is 286 g/mol. The summed E-state index contributed by atoms with van der Waals surface area (Å²) in [5, 5.41) is 0. The van der Waals surface area contributed by atoms with Crippen LogP contribution in [0.1, 0.15) is 53.9 Å². The first-order valence-corrected chi connectivity index (χ1v) is 8.40. The predicted octanol–water partition coefficient (Wildman–Crippen LogP) is 5.34. The summed E-state index contributed by atoms with van der Waals surface area (Å²) in [6, 6.07) is 0. The second-order valence-corrected chi connectivity index (χ2v) is 7.33. The Balaban J connectivity index is 2.43. The summed E-state index contributed by atoms with van der Waals surface area (Å²) in [7, 11) is 0. The Bertz CT molecular complexity index is 482. The lowest BCUT2D eigenvalue weighted by Crippen LogP contribution is -2.48. The maximum Gasteiger partial charge on any atom is 0.136 e. The molecule has 1 heteroatoms. The van der Waals surface area contributed by atoms with Gasteiger partial charge in [0.1, 0.15) is 5.78 Å². The normalized spacial score (nSPS) is 40.3. The van der Waals surface area contributed by atoms with Crippen molar-refractivity contribution in [3.05, 3.63) is 36.0 Å². The molecule has 0 spiro atoms. The van der Waals surface area contributed by atoms with Crippen molar-refractivity contribution < 1.29 is 4.79 Å². The van der Waals surface area contributed by atoms with Crippen LogP contribution in [0.25, 0.3) is 0 Å². The summed E-state index contributed by atoms with van der Waals surface area (Å²) < 4.78 is 0. The molecule has 0 aromatic rings. The van der Waals surface area contributed by atoms with Crippen molar-refractivity contribution in [1.82, 2.24) is 0 Å². The molecule has 2 aliphatic rings. The summed E-state index contributed by atoms with van der Waals surface area (Å²) in [5.41, 5.74) is 1.14. The standard InChI is InChI=1S/C20H30O/c1-6-7-8-9-18-15(3)13-17-12-14(2)10-11-19(17)20(18,5)16(4)21/h6-9,13-14,17-19H,10-12H2,1-5H3/b7-6+,9-8+/t14-,17+,18-,19-,20-/m0/s1. The largest absolute Gasteiger partial charge is 0.299 e. The molecule has 0 bridgehead atoms. The lowest BCUT2D eigenvalue weighted by Gasteiger charge is -2.51. The van der Waals surface area contributed by atoms with Crippen LogP contribution in [-0.4, -0.2) is 5.78 Å². The van der Waals surface area contributed by atoms with Crippen LogP contribution in [0.5, 0.6) is 0 Å². The van der Waals surface area contributed by atoms with Crippen molar-refractivity contribution in [1.29, 1.82) is 0 Å². The Labute approximate surface area is 130 Å². The number of rotatable bonds is 3. The van der Waals surface area contributed by atoms with Crippen LogP contribution in [0.3, 0.4) is 0 Å². The Kier molecular flexibility index (Phi) is 4.91. The lowest BCUT2D eigenvalue weighted by atomic mass is 9.52. The molecular formula is C20H30O. The van der Waals surface area contributed by atoms with Gasteiger partial charge >= 0.3 is 0 Å². The first kappa shape index (κ1) is 16.3. The van der Waals surface area contributed by atoms with E-state index < -0.39 is 0 Å². The molecule has 2 aliphatic carbocycles. The third-order valence-corrected chi connectivity index (χ3v) is 5.91. The molecule has 1 saturated carbocycles. The number of carbonyl (C=O) groups is 1. The van der Waals surface area contributed by atoms with Gasteiger partial charge in [-0.05, 0) is 51.4 Å². The Morgan fingerprint density at radius 1 is 1.33 bits per heavy atom. The highest BCUT2D eigenvalue weighted by Crippen LogP contribution is 2.54. The molecule has 1 fully saturated rings. The summed E-state index contributed by atoms with van der Waals surface area (Å²) in [6.07, 6.45) is 14.6. The molecule has 5 atom stereocenters. The number of hydrogen-bond acceptors (Lipinski definition) is 1. The number of carbonyl (C=O) groups excluding carboxylic acids is 1. The van der Waals surface area contributed by atoms with Gasteiger partial charge < -0.3 is 0 Å². The Hall–Kier alpha value is -1.11. The van der Waals surface area contributed by atoms with Gasteiger partial charge in [-0.25, -0.2) is 0 Å². The SMILES string of the molecule is C/C=C/C=C/[C@H]1C(C)=C[C@H]2C[C@@H](C)CC[C@@H]2[C@@]1(C)C(C)=O. The molecule has 2 rings (SSSR count). The molecule has 0 aromatic carbocycles. The van der Waals surface area contributed by atoms with E-state index in [1.165, 1.54) is 24.8 Å². The molecule has 0 radical (unpaired) electrons. The second kappa shape index (κ2) is 6.34. The van der Waals surface area contributed by atoms with Gasteiger partial charge in [0.2, 0.25) is 0 Å². The van der Waals surface area contributed by atoms with E-state index in [1.807, 2.05) is 13.0 Å². The van der Waals surface area contributed by atoms with Gasteiger partial charge in [-0.1, -0.05) is 56.2 Å². The van der Waals surface area contributed by atoms with E-state index in [1.54, 1.807) is 6.92 Å². The number of Topliss-reactive ketones (excluding diaryl/α,β-unsaturated/α-hetero) is 1. The van der Waals surface area contributed by atoms with E-state index in [9.17, 15) is 4.79 Å². The molecule has 0 aromatic heterocycles. The predicted molar refractivity (Wildman–Crippen MR) is 90.0 cm³/mol. The van der Waals surface area contributed by atoms with Gasteiger partial charge in [-0.15, -0.1) is 0 Å². The minimum Gasteiger partial charge on any atom is -0.299 e. The maximum atomic E-state index is 12.6. The third-order valence-electron chi connectivity index (χ3n) is 5.91. The topological polar surface area (TPSA) is 17.1 Å². The van der Waals surface area contributed by atoms with Crippen molar-refractivity contribution >= 4 is 5.78 Å². The first-order valence-electron chi connectivity index (χ1n) is 8.40. The molecule has 116 valence electrons. The van der Waals surface area contributed by atoms with Crippen LogP contribution >= 0.6 is 0 Å². The average Bonchev–Trinajstić information content (AvgIpc) is 2.41. The van der Waals surface area contributed by atoms with Gasteiger partial charge in [0.15, 0.2) is 0 Å². The van der Waals surface area contributed by atoms with E-state index in [2.05, 4.69) is 45.1 Å². The van der Waals surface area contributed by atoms with Gasteiger partial charge in [0, 0.05) is 11.3 Å². The quantitative estimate of drug-likeness (QED) is 0.505. The number of allylic oxidation sites excluding steroid dienone is 6. The van der Waals surface area contributed by atoms with Crippen LogP contribution in [0.2, 0.25) is 0 Å². The smallest absolute Gasteiger partial charge is 0.136 e. The molecule has 0 saturated heterocycles. The fourth-order valence-electron chi connectivity index (χ4n) is 4.62. The summed E-state index contributed by atoms with van der Waals surface area (Å²) in [5.74, 6) is 2.50. The minimum atomic E-state index is -0.234. The van der Waals surface area contributed by atoms with E-state index in [0.717, 1.165) is 5.92 Å². The zero-order valence-corrected chi connectivity index (χ0v) is 14.2. The molecule has 0 N–H and O–H groups in total. The molecule has 0 unspecified atom stereocenters. The number of hydrogen-bond donors (Lipinski definition) is 0. The Morgan fingerprint density at radius 3 is 2.67 bits per heavy atom. The second-order valence-electron chi connectivity index (χ2n) is 7.33. The highest BCUT2D eigenvalue weighted by atomic mass is 16.1. The van der Waals surface area contributed by atoms with Crippen LogP contribution in [-0.2, 0) is 4.79 Å². The zero-order valence-electron chi connectivity index (χ0n) is 14.2. The summed E-state index contributed by atoms with van der Waals surface area (Å²) >= 11 is 0. The van der Waals surface area contributed by atoms with Crippen LogP contribution in [0.15, 0.2) is 36.0 Å². The van der Waals surface area contributed by atoms with E-state index in [-0.39, 0.29) is 11.3 Å². The molecule has 21 heavy (non-hydrogen) atoms. The van der Waals surface area contributed by atoms with Crippen molar-refractivity contribution in [2.24, 2.45) is 29.1 Å². The zero-order chi connectivity index (χ0) is 15.6. The van der Waals surface area contributed by atoms with E-state index in [0.29, 0.717) is 17.6 Å². The summed E-state index contributed by atoms with van der Waals surface area (Å²) in [6.45, 7) is 10.6. The lowest BCUT2D eigenvalue weighted by molar-refractivity contribution is -0.133. The maximum absolute atomic E-state index is 12.6. The molecule has 1 nitrogen and oxygen atoms in total. The van der Waals surface area contributed by atoms with Crippen LogP contribution in [0, 0.1) is 29.1 Å². The molecule has 0 amide bonds. The minimum absolute atomic E-state index is 0.234. The average molecular weight is 286 g/mol. The van der Waals surface area contributed by atoms with Crippen molar-refractivity contribution in [3.63, 3.8) is 0 Å². The highest BCUT2D eigenvalue weighted by molar-refractivity contribution is 5.84. The van der Waals surface area contributed by atoms with E-state index >= 15 is 0 Å². The number of fused-ring (bicyclic) bond motifs is 1. The van der Waals surface area contributed by atoms with Gasteiger partial charge in [0.25, 0.3) is 0 Å². The highest BCUT2D eigenvalue weighted by Gasteiger charge is 2.51. The number of ketones is 1. The molecule has 0 heterocycles. The fraction of sp³-hybridized carbons (Fsp3) is 0.650. The van der Waals surface area contributed by atoms with Gasteiger partial charge in [-0.3, -0.25) is 4.79 Å². The Morgan fingerprint density at radius 2 is 2.05 bits per heavy atom. The van der Waals surface area contributed by atoms with Crippen LogP contribution < -0.4 is 0 Å². The molecular weight excluding hydrogens is 256 g/mol. The third kappa shape index (κ3) is 2.93. The first-order chi connectivity index (χ1) is 9.91. The van der Waals surface area contributed by atoms with Crippen molar-refractivity contribution in [2.45, 2.75) is 53.9 Å². The van der Waals surface area contributed by atoms with Crippen LogP contribution in [0.4, 0.5) is 0 Å². The summed E-state index contributed by atoms with van der Waals surface area (Å²) in [4.78, 5) is 12.6. The van der Waals surface area contributed by atoms with Gasteiger partial charge in [0.05, 0.1) is 0 Å². The van der Waals surface area contributed by atoms with E-state index in [4.69, 9.17) is 0 Å². The van der Waals surface area contributed by atoms with Gasteiger partial charge in [-0.2, -0.15) is 0 Å². The van der Waals surface area contributed by atoms with Crippen molar-refractivity contribution in [3.8, 4) is 0 Å². The van der Waals surface area contributed by atoms with Crippen molar-refractivity contribution in [2.75, 3.05) is 0 Å².